The van der Waals surface area contributed by atoms with Crippen LogP contribution in [-0.4, -0.2) is 25.3 Å². The normalized spacial score (nSPS) is 10.6. The van der Waals surface area contributed by atoms with Crippen LogP contribution in [0.1, 0.15) is 12.5 Å². The first kappa shape index (κ1) is 18.1. The van der Waals surface area contributed by atoms with Crippen molar-refractivity contribution in [2.24, 2.45) is 5.10 Å². The van der Waals surface area contributed by atoms with Gasteiger partial charge < -0.3 is 9.47 Å². The monoisotopic (exact) mass is 366 g/mol. The number of hydrogen-bond acceptors (Lipinski definition) is 4. The van der Waals surface area contributed by atoms with Gasteiger partial charge in [0.2, 0.25) is 0 Å². The Morgan fingerprint density at radius 3 is 2.54 bits per heavy atom. The zero-order valence-corrected chi connectivity index (χ0v) is 14.5. The van der Waals surface area contributed by atoms with Crippen LogP contribution in [0, 0.1) is 0 Å². The number of amides is 1. The van der Waals surface area contributed by atoms with Gasteiger partial charge in [0.05, 0.1) is 17.8 Å². The second-order valence-electron chi connectivity index (χ2n) is 4.63. The molecule has 0 saturated carbocycles. The summed E-state index contributed by atoms with van der Waals surface area (Å²) in [6.07, 6.45) is 1.44. The van der Waals surface area contributed by atoms with Gasteiger partial charge in [-0.25, -0.2) is 5.43 Å². The highest BCUT2D eigenvalue weighted by atomic mass is 35.5. The van der Waals surface area contributed by atoms with Gasteiger partial charge >= 0.3 is 0 Å². The summed E-state index contributed by atoms with van der Waals surface area (Å²) < 4.78 is 10.9. The Hall–Kier alpha value is -2.24. The average molecular weight is 367 g/mol. The maximum absolute atomic E-state index is 11.8. The van der Waals surface area contributed by atoms with Crippen molar-refractivity contribution in [1.29, 1.82) is 0 Å². The largest absolute Gasteiger partial charge is 0.490 e. The quantitative estimate of drug-likeness (QED) is 0.596. The van der Waals surface area contributed by atoms with E-state index in [-0.39, 0.29) is 6.61 Å². The highest BCUT2D eigenvalue weighted by molar-refractivity contribution is 6.36. The van der Waals surface area contributed by atoms with E-state index in [4.69, 9.17) is 32.7 Å². The van der Waals surface area contributed by atoms with Gasteiger partial charge in [-0.2, -0.15) is 5.10 Å². The summed E-state index contributed by atoms with van der Waals surface area (Å²) in [6.45, 7) is 2.20. The molecule has 2 aromatic carbocycles. The first-order valence-corrected chi connectivity index (χ1v) is 7.97. The zero-order chi connectivity index (χ0) is 17.4. The van der Waals surface area contributed by atoms with Crippen LogP contribution >= 0.6 is 23.2 Å². The van der Waals surface area contributed by atoms with Crippen LogP contribution in [0.4, 0.5) is 0 Å². The number of ether oxygens (including phenoxy) is 2. The third-order valence-electron chi connectivity index (χ3n) is 2.86. The lowest BCUT2D eigenvalue weighted by Crippen LogP contribution is -2.24. The number of rotatable bonds is 7. The molecule has 24 heavy (non-hydrogen) atoms. The molecule has 0 fully saturated rings. The summed E-state index contributed by atoms with van der Waals surface area (Å²) in [5.41, 5.74) is 3.01. The lowest BCUT2D eigenvalue weighted by molar-refractivity contribution is -0.123. The van der Waals surface area contributed by atoms with E-state index >= 15 is 0 Å². The summed E-state index contributed by atoms with van der Waals surface area (Å²) in [5, 5.41) is 4.82. The fourth-order valence-corrected chi connectivity index (χ4v) is 2.26. The molecule has 2 aromatic rings. The van der Waals surface area contributed by atoms with E-state index in [1.807, 2.05) is 13.0 Å². The first-order chi connectivity index (χ1) is 11.6. The maximum atomic E-state index is 11.8. The van der Waals surface area contributed by atoms with Crippen LogP contribution < -0.4 is 14.9 Å². The summed E-state index contributed by atoms with van der Waals surface area (Å²) in [6, 6.07) is 12.1. The van der Waals surface area contributed by atoms with Crippen LogP contribution in [0.2, 0.25) is 10.0 Å². The van der Waals surface area contributed by atoms with Crippen molar-refractivity contribution in [2.45, 2.75) is 6.92 Å². The molecule has 0 aliphatic carbocycles. The number of nitrogens with one attached hydrogen (secondary N) is 1. The molecule has 0 atom stereocenters. The van der Waals surface area contributed by atoms with Crippen LogP contribution in [0.15, 0.2) is 47.6 Å². The second-order valence-corrected chi connectivity index (χ2v) is 5.47. The standard InChI is InChI=1S/C17H16Cl2N2O3/c1-2-23-15-5-3-4-6-16(15)24-11-17(22)21-20-10-12-7-8-13(18)9-14(12)19/h3-10H,2,11H2,1H3,(H,21,22)/b20-10-. The van der Waals surface area contributed by atoms with E-state index in [2.05, 4.69) is 10.5 Å². The minimum Gasteiger partial charge on any atom is -0.490 e. The van der Waals surface area contributed by atoms with Gasteiger partial charge in [0.1, 0.15) is 0 Å². The van der Waals surface area contributed by atoms with E-state index in [0.717, 1.165) is 0 Å². The van der Waals surface area contributed by atoms with Crippen LogP contribution in [0.25, 0.3) is 0 Å². The van der Waals surface area contributed by atoms with Gasteiger partial charge in [-0.15, -0.1) is 0 Å². The summed E-state index contributed by atoms with van der Waals surface area (Å²) in [5.74, 6) is 0.686. The summed E-state index contributed by atoms with van der Waals surface area (Å²) in [4.78, 5) is 11.8. The molecule has 7 heteroatoms. The predicted molar refractivity (Wildman–Crippen MR) is 95.3 cm³/mol. The van der Waals surface area contributed by atoms with Gasteiger partial charge in [0.25, 0.3) is 5.91 Å². The van der Waals surface area contributed by atoms with Crippen molar-refractivity contribution in [3.05, 3.63) is 58.1 Å². The molecule has 5 nitrogen and oxygen atoms in total. The van der Waals surface area contributed by atoms with Crippen molar-refractivity contribution >= 4 is 35.3 Å². The molecule has 0 radical (unpaired) electrons. The Bertz CT molecular complexity index is 736. The fraction of sp³-hybridized carbons (Fsp3) is 0.176. The van der Waals surface area contributed by atoms with E-state index in [9.17, 15) is 4.79 Å². The summed E-state index contributed by atoms with van der Waals surface area (Å²) in [7, 11) is 0. The van der Waals surface area contributed by atoms with E-state index < -0.39 is 5.91 Å². The highest BCUT2D eigenvalue weighted by Crippen LogP contribution is 2.26. The molecule has 0 saturated heterocycles. The topological polar surface area (TPSA) is 59.9 Å². The molecule has 126 valence electrons. The van der Waals surface area contributed by atoms with Crippen molar-refractivity contribution in [3.8, 4) is 11.5 Å². The molecule has 0 bridgehead atoms. The minimum absolute atomic E-state index is 0.185. The number of hydrogen-bond donors (Lipinski definition) is 1. The number of benzene rings is 2. The lowest BCUT2D eigenvalue weighted by atomic mass is 10.2. The number of hydrazone groups is 1. The van der Waals surface area contributed by atoms with Gasteiger partial charge in [-0.1, -0.05) is 41.4 Å². The SMILES string of the molecule is CCOc1ccccc1OCC(=O)N/N=C\c1ccc(Cl)cc1Cl. The Kier molecular flexibility index (Phi) is 6.90. The number of para-hydroxylation sites is 2. The maximum Gasteiger partial charge on any atom is 0.277 e. The molecule has 0 aliphatic heterocycles. The lowest BCUT2D eigenvalue weighted by Gasteiger charge is -2.10. The van der Waals surface area contributed by atoms with E-state index in [0.29, 0.717) is 33.7 Å². The van der Waals surface area contributed by atoms with Crippen LogP contribution in [-0.2, 0) is 4.79 Å². The highest BCUT2D eigenvalue weighted by Gasteiger charge is 2.06. The third kappa shape index (κ3) is 5.44. The Balaban J connectivity index is 1.86. The Labute approximate surface area is 150 Å². The summed E-state index contributed by atoms with van der Waals surface area (Å²) >= 11 is 11.8. The van der Waals surface area contributed by atoms with Crippen molar-refractivity contribution < 1.29 is 14.3 Å². The van der Waals surface area contributed by atoms with Gasteiger partial charge in [-0.05, 0) is 31.2 Å². The third-order valence-corrected chi connectivity index (χ3v) is 3.43. The molecular weight excluding hydrogens is 351 g/mol. The van der Waals surface area contributed by atoms with Crippen molar-refractivity contribution in [2.75, 3.05) is 13.2 Å². The number of nitrogens with zero attached hydrogens (tertiary/aromatic N) is 1. The van der Waals surface area contributed by atoms with Gasteiger partial charge in [0, 0.05) is 10.6 Å². The molecule has 1 amide bonds. The predicted octanol–water partition coefficient (Wildman–Crippen LogP) is 3.92. The van der Waals surface area contributed by atoms with Gasteiger partial charge in [-0.3, -0.25) is 4.79 Å². The molecule has 1 N–H and O–H groups in total. The van der Waals surface area contributed by atoms with Crippen LogP contribution in [0.3, 0.4) is 0 Å². The Morgan fingerprint density at radius 1 is 1.17 bits per heavy atom. The van der Waals surface area contributed by atoms with Crippen molar-refractivity contribution in [1.82, 2.24) is 5.43 Å². The zero-order valence-electron chi connectivity index (χ0n) is 13.0. The minimum atomic E-state index is -0.400. The van der Waals surface area contributed by atoms with Crippen molar-refractivity contribution in [3.63, 3.8) is 0 Å². The molecular formula is C17H16Cl2N2O3. The molecule has 0 aromatic heterocycles. The smallest absolute Gasteiger partial charge is 0.277 e. The molecule has 0 spiro atoms. The number of carbonyl (C=O) groups is 1. The van der Waals surface area contributed by atoms with Gasteiger partial charge in [0.15, 0.2) is 18.1 Å². The van der Waals surface area contributed by atoms with E-state index in [1.54, 1.807) is 36.4 Å². The fourth-order valence-electron chi connectivity index (χ4n) is 1.80. The van der Waals surface area contributed by atoms with Crippen LogP contribution in [0.5, 0.6) is 11.5 Å². The molecule has 2 rings (SSSR count). The van der Waals surface area contributed by atoms with E-state index in [1.165, 1.54) is 6.21 Å². The molecule has 0 aliphatic rings. The number of carbonyl (C=O) groups excluding carboxylic acids is 1. The molecule has 0 unspecified atom stereocenters. The Morgan fingerprint density at radius 2 is 1.88 bits per heavy atom. The second kappa shape index (κ2) is 9.15. The first-order valence-electron chi connectivity index (χ1n) is 7.21. The average Bonchev–Trinajstić information content (AvgIpc) is 2.56. The molecule has 0 heterocycles. The number of halogens is 2.